The van der Waals surface area contributed by atoms with E-state index in [-0.39, 0.29) is 10.8 Å². The van der Waals surface area contributed by atoms with Crippen LogP contribution in [0.5, 0.6) is 5.88 Å². The zero-order valence-corrected chi connectivity index (χ0v) is 13.7. The van der Waals surface area contributed by atoms with E-state index in [1.165, 1.54) is 5.56 Å². The summed E-state index contributed by atoms with van der Waals surface area (Å²) in [6.45, 7) is 0.788. The Morgan fingerprint density at radius 3 is 2.54 bits per heavy atom. The lowest BCUT2D eigenvalue weighted by atomic mass is 10.1. The molecular weight excluding hydrogens is 320 g/mol. The van der Waals surface area contributed by atoms with Crippen LogP contribution in [-0.2, 0) is 13.0 Å². The molecule has 5 heteroatoms. The minimum atomic E-state index is -0.226. The summed E-state index contributed by atoms with van der Waals surface area (Å²) >= 11 is 1.06. The third-order valence-electron chi connectivity index (χ3n) is 4.12. The molecule has 2 aromatic heterocycles. The molecular formula is C19H16N2O2S. The van der Waals surface area contributed by atoms with Crippen molar-refractivity contribution in [3.8, 4) is 5.88 Å². The number of H-pyrrole nitrogens is 1. The Bertz CT molecular complexity index is 1040. The van der Waals surface area contributed by atoms with Gasteiger partial charge in [-0.05, 0) is 17.2 Å². The number of para-hydroxylation sites is 1. The third-order valence-corrected chi connectivity index (χ3v) is 4.99. The van der Waals surface area contributed by atoms with Crippen LogP contribution in [0.25, 0.3) is 10.9 Å². The average Bonchev–Trinajstić information content (AvgIpc) is 3.09. The maximum Gasteiger partial charge on any atom is 0.307 e. The van der Waals surface area contributed by atoms with Gasteiger partial charge in [0.25, 0.3) is 0 Å². The Morgan fingerprint density at radius 1 is 1.04 bits per heavy atom. The zero-order valence-electron chi connectivity index (χ0n) is 12.9. The first-order valence-corrected chi connectivity index (χ1v) is 8.54. The monoisotopic (exact) mass is 336 g/mol. The van der Waals surface area contributed by atoms with E-state index in [1.807, 2.05) is 30.3 Å². The smallest absolute Gasteiger partial charge is 0.307 e. The number of nitrogens with one attached hydrogen (secondary N) is 1. The van der Waals surface area contributed by atoms with Crippen LogP contribution in [0.15, 0.2) is 65.6 Å². The zero-order chi connectivity index (χ0) is 16.5. The van der Waals surface area contributed by atoms with Crippen LogP contribution in [0.3, 0.4) is 0 Å². The van der Waals surface area contributed by atoms with Crippen molar-refractivity contribution in [3.63, 3.8) is 0 Å². The van der Waals surface area contributed by atoms with E-state index in [9.17, 15) is 9.90 Å². The lowest BCUT2D eigenvalue weighted by molar-refractivity contribution is 0.451. The van der Waals surface area contributed by atoms with Gasteiger partial charge in [-0.1, -0.05) is 59.9 Å². The molecule has 24 heavy (non-hydrogen) atoms. The summed E-state index contributed by atoms with van der Waals surface area (Å²) in [6, 6.07) is 18.5. The van der Waals surface area contributed by atoms with Crippen molar-refractivity contribution in [2.75, 3.05) is 0 Å². The van der Waals surface area contributed by atoms with E-state index in [4.69, 9.17) is 0 Å². The molecule has 0 radical (unpaired) electrons. The number of nitrogens with zero attached hydrogens (tertiary/aromatic N) is 1. The number of aromatic amines is 1. The molecule has 2 N–H and O–H groups in total. The van der Waals surface area contributed by atoms with Crippen LogP contribution in [0.4, 0.5) is 0 Å². The standard InChI is InChI=1S/C19H16N2O2S/c22-18-17(24-19(23)20-18)10-14-12-21(11-13-6-2-1-3-7-13)16-9-5-4-8-15(14)16/h1-9,12,22H,10-11H2,(H,20,23). The molecule has 0 fully saturated rings. The molecule has 0 bridgehead atoms. The number of thiazole rings is 1. The van der Waals surface area contributed by atoms with Gasteiger partial charge >= 0.3 is 4.87 Å². The molecule has 0 aliphatic heterocycles. The first-order chi connectivity index (χ1) is 11.7. The largest absolute Gasteiger partial charge is 0.494 e. The number of fused-ring (bicyclic) bond motifs is 1. The summed E-state index contributed by atoms with van der Waals surface area (Å²) in [4.78, 5) is 14.3. The fourth-order valence-corrected chi connectivity index (χ4v) is 3.77. The maximum absolute atomic E-state index is 11.4. The summed E-state index contributed by atoms with van der Waals surface area (Å²) in [6.07, 6.45) is 2.65. The van der Waals surface area contributed by atoms with Gasteiger partial charge in [-0.3, -0.25) is 9.78 Å². The Labute approximate surface area is 142 Å². The van der Waals surface area contributed by atoms with E-state index in [1.54, 1.807) is 0 Å². The van der Waals surface area contributed by atoms with Gasteiger partial charge in [-0.15, -0.1) is 0 Å². The Morgan fingerprint density at radius 2 is 1.79 bits per heavy atom. The molecule has 4 rings (SSSR count). The summed E-state index contributed by atoms with van der Waals surface area (Å²) in [5.41, 5.74) is 3.49. The molecule has 2 aromatic carbocycles. The molecule has 0 spiro atoms. The second kappa shape index (κ2) is 6.02. The topological polar surface area (TPSA) is 58.0 Å². The SMILES string of the molecule is O=c1[nH]c(O)c(Cc2cn(Cc3ccccc3)c3ccccc23)s1. The van der Waals surface area contributed by atoms with Crippen LogP contribution < -0.4 is 4.87 Å². The molecule has 0 amide bonds. The molecule has 0 saturated heterocycles. The lowest BCUT2D eigenvalue weighted by Gasteiger charge is -2.05. The number of rotatable bonds is 4. The van der Waals surface area contributed by atoms with Crippen LogP contribution >= 0.6 is 11.3 Å². The van der Waals surface area contributed by atoms with Crippen LogP contribution in [0.2, 0.25) is 0 Å². The highest BCUT2D eigenvalue weighted by molar-refractivity contribution is 7.09. The third kappa shape index (κ3) is 2.74. The summed E-state index contributed by atoms with van der Waals surface area (Å²) in [5.74, 6) is -0.0232. The summed E-state index contributed by atoms with van der Waals surface area (Å²) in [5, 5.41) is 11.0. The fraction of sp³-hybridized carbons (Fsp3) is 0.105. The van der Waals surface area contributed by atoms with Gasteiger partial charge in [0.1, 0.15) is 0 Å². The van der Waals surface area contributed by atoms with E-state index < -0.39 is 0 Å². The predicted octanol–water partition coefficient (Wildman–Crippen LogP) is 3.74. The lowest BCUT2D eigenvalue weighted by Crippen LogP contribution is -1.97. The van der Waals surface area contributed by atoms with Gasteiger partial charge < -0.3 is 9.67 Å². The van der Waals surface area contributed by atoms with E-state index >= 15 is 0 Å². The van der Waals surface area contributed by atoms with Crippen molar-refractivity contribution < 1.29 is 5.11 Å². The van der Waals surface area contributed by atoms with Crippen molar-refractivity contribution >= 4 is 22.2 Å². The predicted molar refractivity (Wildman–Crippen MR) is 96.9 cm³/mol. The quantitative estimate of drug-likeness (QED) is 0.596. The molecule has 0 unspecified atom stereocenters. The number of hydrogen-bond acceptors (Lipinski definition) is 3. The summed E-state index contributed by atoms with van der Waals surface area (Å²) < 4.78 is 2.21. The van der Waals surface area contributed by atoms with Gasteiger partial charge in [0.05, 0.1) is 4.88 Å². The van der Waals surface area contributed by atoms with E-state index in [0.717, 1.165) is 34.3 Å². The van der Waals surface area contributed by atoms with Gasteiger partial charge in [-0.2, -0.15) is 0 Å². The second-order valence-electron chi connectivity index (χ2n) is 5.75. The van der Waals surface area contributed by atoms with Gasteiger partial charge in [-0.25, -0.2) is 0 Å². The first kappa shape index (κ1) is 14.8. The van der Waals surface area contributed by atoms with Gasteiger partial charge in [0.15, 0.2) is 0 Å². The molecule has 2 heterocycles. The number of aromatic nitrogens is 2. The van der Waals surface area contributed by atoms with Crippen molar-refractivity contribution in [2.45, 2.75) is 13.0 Å². The maximum atomic E-state index is 11.4. The van der Waals surface area contributed by atoms with Gasteiger partial charge in [0, 0.05) is 30.1 Å². The number of hydrogen-bond donors (Lipinski definition) is 2. The van der Waals surface area contributed by atoms with Gasteiger partial charge in [0.2, 0.25) is 5.88 Å². The van der Waals surface area contributed by atoms with Crippen LogP contribution in [0.1, 0.15) is 16.0 Å². The molecule has 4 nitrogen and oxygen atoms in total. The highest BCUT2D eigenvalue weighted by Gasteiger charge is 2.13. The molecule has 120 valence electrons. The summed E-state index contributed by atoms with van der Waals surface area (Å²) in [7, 11) is 0. The Hall–Kier alpha value is -2.79. The molecule has 0 saturated carbocycles. The first-order valence-electron chi connectivity index (χ1n) is 7.72. The minimum Gasteiger partial charge on any atom is -0.494 e. The minimum absolute atomic E-state index is 0.0232. The molecule has 0 aliphatic carbocycles. The number of benzene rings is 2. The van der Waals surface area contributed by atoms with Crippen LogP contribution in [0, 0.1) is 0 Å². The van der Waals surface area contributed by atoms with Crippen molar-refractivity contribution in [3.05, 3.63) is 86.5 Å². The molecule has 0 aliphatic rings. The fourth-order valence-electron chi connectivity index (χ4n) is 3.02. The highest BCUT2D eigenvalue weighted by Crippen LogP contribution is 2.27. The Balaban J connectivity index is 1.76. The number of aromatic hydroxyl groups is 1. The average molecular weight is 336 g/mol. The van der Waals surface area contributed by atoms with Crippen molar-refractivity contribution in [1.29, 1.82) is 0 Å². The van der Waals surface area contributed by atoms with E-state index in [2.05, 4.69) is 40.0 Å². The molecule has 0 atom stereocenters. The van der Waals surface area contributed by atoms with Crippen molar-refractivity contribution in [1.82, 2.24) is 9.55 Å². The Kier molecular flexibility index (Phi) is 3.70. The molecule has 4 aromatic rings. The normalized spacial score (nSPS) is 11.2. The van der Waals surface area contributed by atoms with Crippen LogP contribution in [-0.4, -0.2) is 14.7 Å². The van der Waals surface area contributed by atoms with E-state index in [0.29, 0.717) is 11.3 Å². The second-order valence-corrected chi connectivity index (χ2v) is 6.82. The van der Waals surface area contributed by atoms with Crippen molar-refractivity contribution in [2.24, 2.45) is 0 Å². The highest BCUT2D eigenvalue weighted by atomic mass is 32.1.